The van der Waals surface area contributed by atoms with Crippen LogP contribution in [0.15, 0.2) is 30.3 Å². The summed E-state index contributed by atoms with van der Waals surface area (Å²) >= 11 is 0. The first kappa shape index (κ1) is 10.2. The van der Waals surface area contributed by atoms with Crippen molar-refractivity contribution in [1.29, 1.82) is 0 Å². The van der Waals surface area contributed by atoms with Gasteiger partial charge in [0.1, 0.15) is 0 Å². The number of piperazine rings is 1. The molecule has 0 aromatic heterocycles. The fourth-order valence-electron chi connectivity index (χ4n) is 1.84. The smallest absolute Gasteiger partial charge is 0.312 e. The zero-order valence-corrected chi connectivity index (χ0v) is 8.72. The maximum Gasteiger partial charge on any atom is 0.312 e. The minimum absolute atomic E-state index is 0.802. The molecule has 0 spiro atoms. The molecule has 0 saturated carbocycles. The van der Waals surface area contributed by atoms with Crippen molar-refractivity contribution in [3.8, 4) is 0 Å². The second kappa shape index (κ2) is 4.94. The summed E-state index contributed by atoms with van der Waals surface area (Å²) in [6.45, 7) is 4.48. The van der Waals surface area contributed by atoms with Gasteiger partial charge in [0, 0.05) is 32.7 Å². The lowest BCUT2D eigenvalue weighted by Crippen LogP contribution is -2.45. The highest BCUT2D eigenvalue weighted by molar-refractivity contribution is 5.48. The predicted octanol–water partition coefficient (Wildman–Crippen LogP) is 0.871. The SMILES string of the molecule is O=[C]N1CCN(Cc2ccccc2)CC1. The molecule has 1 aromatic carbocycles. The number of benzene rings is 1. The van der Waals surface area contributed by atoms with E-state index >= 15 is 0 Å². The molecule has 3 heteroatoms. The summed E-state index contributed by atoms with van der Waals surface area (Å²) < 4.78 is 0. The molecule has 0 bridgehead atoms. The molecule has 1 amide bonds. The van der Waals surface area contributed by atoms with Crippen molar-refractivity contribution in [2.45, 2.75) is 6.54 Å². The molecule has 79 valence electrons. The molecule has 0 unspecified atom stereocenters. The van der Waals surface area contributed by atoms with Gasteiger partial charge in [0.2, 0.25) is 0 Å². The van der Waals surface area contributed by atoms with Gasteiger partial charge < -0.3 is 4.90 Å². The Balaban J connectivity index is 1.85. The molecule has 1 heterocycles. The quantitative estimate of drug-likeness (QED) is 0.728. The maximum atomic E-state index is 10.4. The van der Waals surface area contributed by atoms with Crippen molar-refractivity contribution < 1.29 is 4.79 Å². The van der Waals surface area contributed by atoms with Gasteiger partial charge in [-0.25, -0.2) is 0 Å². The Labute approximate surface area is 90.3 Å². The molecule has 1 aliphatic heterocycles. The second-order valence-corrected chi connectivity index (χ2v) is 3.84. The second-order valence-electron chi connectivity index (χ2n) is 3.84. The Morgan fingerprint density at radius 1 is 1.07 bits per heavy atom. The first-order valence-electron chi connectivity index (χ1n) is 5.27. The minimum Gasteiger partial charge on any atom is -0.332 e. The Hall–Kier alpha value is -1.35. The summed E-state index contributed by atoms with van der Waals surface area (Å²) in [5.41, 5.74) is 1.33. The summed E-state index contributed by atoms with van der Waals surface area (Å²) in [4.78, 5) is 14.5. The fraction of sp³-hybridized carbons (Fsp3) is 0.417. The number of nitrogens with zero attached hydrogens (tertiary/aromatic N) is 2. The van der Waals surface area contributed by atoms with Crippen LogP contribution < -0.4 is 0 Å². The van der Waals surface area contributed by atoms with E-state index in [1.807, 2.05) is 12.5 Å². The number of hydrogen-bond acceptors (Lipinski definition) is 2. The summed E-state index contributed by atoms with van der Waals surface area (Å²) in [5.74, 6) is 0. The summed E-state index contributed by atoms with van der Waals surface area (Å²) in [5, 5.41) is 0. The third-order valence-corrected chi connectivity index (χ3v) is 2.75. The van der Waals surface area contributed by atoms with E-state index in [1.54, 1.807) is 4.90 Å². The average molecular weight is 203 g/mol. The van der Waals surface area contributed by atoms with Gasteiger partial charge in [-0.15, -0.1) is 0 Å². The average Bonchev–Trinajstić information content (AvgIpc) is 2.31. The molecule has 3 nitrogen and oxygen atoms in total. The van der Waals surface area contributed by atoms with Gasteiger partial charge in [-0.3, -0.25) is 9.69 Å². The lowest BCUT2D eigenvalue weighted by molar-refractivity contribution is 0.172. The molecule has 0 atom stereocenters. The predicted molar refractivity (Wildman–Crippen MR) is 59.0 cm³/mol. The lowest BCUT2D eigenvalue weighted by atomic mass is 10.2. The van der Waals surface area contributed by atoms with Gasteiger partial charge in [0.05, 0.1) is 0 Å². The van der Waals surface area contributed by atoms with Crippen LogP contribution in [0.3, 0.4) is 0 Å². The number of carbonyl (C=O) groups excluding carboxylic acids is 1. The third-order valence-electron chi connectivity index (χ3n) is 2.75. The van der Waals surface area contributed by atoms with E-state index in [-0.39, 0.29) is 0 Å². The highest BCUT2D eigenvalue weighted by Gasteiger charge is 2.15. The topological polar surface area (TPSA) is 23.6 Å². The van der Waals surface area contributed by atoms with Crippen LogP contribution in [0.5, 0.6) is 0 Å². The molecule has 1 saturated heterocycles. The highest BCUT2D eigenvalue weighted by atomic mass is 16.1. The normalized spacial score (nSPS) is 17.7. The van der Waals surface area contributed by atoms with E-state index in [4.69, 9.17) is 0 Å². The van der Waals surface area contributed by atoms with Gasteiger partial charge in [-0.1, -0.05) is 30.3 Å². The first-order chi connectivity index (χ1) is 7.38. The van der Waals surface area contributed by atoms with Crippen LogP contribution in [-0.4, -0.2) is 42.4 Å². The van der Waals surface area contributed by atoms with Crippen LogP contribution in [0.4, 0.5) is 0 Å². The third kappa shape index (κ3) is 2.80. The zero-order valence-electron chi connectivity index (χ0n) is 8.72. The van der Waals surface area contributed by atoms with E-state index in [0.29, 0.717) is 0 Å². The van der Waals surface area contributed by atoms with E-state index in [1.165, 1.54) is 5.56 Å². The standard InChI is InChI=1S/C12H15N2O/c15-11-14-8-6-13(7-9-14)10-12-4-2-1-3-5-12/h1-5H,6-10H2. The molecule has 1 aromatic rings. The van der Waals surface area contributed by atoms with Gasteiger partial charge in [-0.05, 0) is 5.56 Å². The van der Waals surface area contributed by atoms with Gasteiger partial charge in [0.15, 0.2) is 0 Å². The van der Waals surface area contributed by atoms with Gasteiger partial charge in [0.25, 0.3) is 0 Å². The lowest BCUT2D eigenvalue weighted by Gasteiger charge is -2.31. The molecule has 1 radical (unpaired) electrons. The Bertz CT molecular complexity index is 305. The molecule has 1 fully saturated rings. The minimum atomic E-state index is 0.802. The van der Waals surface area contributed by atoms with Crippen molar-refractivity contribution in [3.05, 3.63) is 35.9 Å². The fourth-order valence-corrected chi connectivity index (χ4v) is 1.84. The largest absolute Gasteiger partial charge is 0.332 e. The Morgan fingerprint density at radius 3 is 2.33 bits per heavy atom. The first-order valence-corrected chi connectivity index (χ1v) is 5.27. The molecule has 0 aliphatic carbocycles. The molecule has 2 rings (SSSR count). The number of rotatable bonds is 3. The monoisotopic (exact) mass is 203 g/mol. The molecule has 1 aliphatic rings. The molecule has 0 N–H and O–H groups in total. The van der Waals surface area contributed by atoms with Crippen molar-refractivity contribution in [1.82, 2.24) is 9.80 Å². The van der Waals surface area contributed by atoms with Crippen LogP contribution in [0.1, 0.15) is 5.56 Å². The molecule has 15 heavy (non-hydrogen) atoms. The van der Waals surface area contributed by atoms with Crippen molar-refractivity contribution in [3.63, 3.8) is 0 Å². The summed E-state index contributed by atoms with van der Waals surface area (Å²) in [6.07, 6.45) is 1.94. The van der Waals surface area contributed by atoms with E-state index in [0.717, 1.165) is 32.7 Å². The van der Waals surface area contributed by atoms with E-state index < -0.39 is 0 Å². The molecular weight excluding hydrogens is 188 g/mol. The maximum absolute atomic E-state index is 10.4. The highest BCUT2D eigenvalue weighted by Crippen LogP contribution is 2.07. The van der Waals surface area contributed by atoms with Crippen LogP contribution in [-0.2, 0) is 11.3 Å². The van der Waals surface area contributed by atoms with Crippen molar-refractivity contribution in [2.75, 3.05) is 26.2 Å². The van der Waals surface area contributed by atoms with E-state index in [9.17, 15) is 4.79 Å². The number of amides is 1. The Kier molecular flexibility index (Phi) is 3.35. The van der Waals surface area contributed by atoms with E-state index in [2.05, 4.69) is 29.2 Å². The van der Waals surface area contributed by atoms with Gasteiger partial charge in [-0.2, -0.15) is 0 Å². The van der Waals surface area contributed by atoms with Crippen LogP contribution in [0.25, 0.3) is 0 Å². The van der Waals surface area contributed by atoms with Crippen LogP contribution >= 0.6 is 0 Å². The summed E-state index contributed by atoms with van der Waals surface area (Å²) in [7, 11) is 0. The number of hydrogen-bond donors (Lipinski definition) is 0. The Morgan fingerprint density at radius 2 is 1.73 bits per heavy atom. The van der Waals surface area contributed by atoms with Crippen molar-refractivity contribution >= 4 is 6.41 Å². The van der Waals surface area contributed by atoms with Crippen LogP contribution in [0, 0.1) is 0 Å². The summed E-state index contributed by atoms with van der Waals surface area (Å²) in [6, 6.07) is 10.4. The van der Waals surface area contributed by atoms with Gasteiger partial charge >= 0.3 is 6.41 Å². The van der Waals surface area contributed by atoms with Crippen LogP contribution in [0.2, 0.25) is 0 Å². The zero-order chi connectivity index (χ0) is 10.5. The van der Waals surface area contributed by atoms with Crippen molar-refractivity contribution in [2.24, 2.45) is 0 Å². The molecular formula is C12H15N2O.